The van der Waals surface area contributed by atoms with E-state index in [-0.39, 0.29) is 24.9 Å². The first kappa shape index (κ1) is 24.2. The number of hydrogen-bond acceptors (Lipinski definition) is 5. The van der Waals surface area contributed by atoms with E-state index >= 15 is 0 Å². The number of aromatic nitrogens is 3. The highest BCUT2D eigenvalue weighted by molar-refractivity contribution is 5.51. The molecule has 1 aliphatic rings. The quantitative estimate of drug-likeness (QED) is 0.502. The van der Waals surface area contributed by atoms with Gasteiger partial charge in [0.25, 0.3) is 0 Å². The zero-order valence-electron chi connectivity index (χ0n) is 17.5. The Hall–Kier alpha value is -2.93. The van der Waals surface area contributed by atoms with Crippen molar-refractivity contribution < 1.29 is 35.8 Å². The van der Waals surface area contributed by atoms with Gasteiger partial charge in [-0.2, -0.15) is 36.0 Å². The van der Waals surface area contributed by atoms with E-state index in [1.165, 1.54) is 24.3 Å². The maximum atomic E-state index is 13.4. The van der Waals surface area contributed by atoms with Crippen LogP contribution in [0.25, 0.3) is 5.65 Å². The number of hydrogen-bond donors (Lipinski definition) is 2. The molecule has 34 heavy (non-hydrogen) atoms. The van der Waals surface area contributed by atoms with Gasteiger partial charge >= 0.3 is 12.4 Å². The number of alkyl halides is 6. The molecule has 3 aromatic rings. The summed E-state index contributed by atoms with van der Waals surface area (Å²) in [5.41, 5.74) is -2.69. The van der Waals surface area contributed by atoms with Crippen molar-refractivity contribution in [3.8, 4) is 0 Å². The van der Waals surface area contributed by atoms with Crippen LogP contribution < -0.4 is 5.32 Å². The number of anilines is 1. The summed E-state index contributed by atoms with van der Waals surface area (Å²) in [4.78, 5) is 5.27. The summed E-state index contributed by atoms with van der Waals surface area (Å²) in [7, 11) is 0. The van der Waals surface area contributed by atoms with E-state index in [1.807, 2.05) is 4.90 Å². The van der Waals surface area contributed by atoms with Crippen molar-refractivity contribution in [3.63, 3.8) is 0 Å². The van der Waals surface area contributed by atoms with Crippen LogP contribution in [0, 0.1) is 11.7 Å². The Bertz CT molecular complexity index is 1140. The molecule has 0 spiro atoms. The maximum Gasteiger partial charge on any atom is 0.435 e. The SMILES string of the molecule is OC[C@H]1CCN([C@H](CNc2cc(C(F)(F)F)nc3cc(C(F)(F)F)nn23)c2ccc(F)cc2)C1. The van der Waals surface area contributed by atoms with Crippen molar-refractivity contribution in [1.29, 1.82) is 0 Å². The normalized spacial score (nSPS) is 18.5. The molecule has 0 unspecified atom stereocenters. The Balaban J connectivity index is 1.69. The summed E-state index contributed by atoms with van der Waals surface area (Å²) in [6.45, 7) is 1.03. The Morgan fingerprint density at radius 3 is 2.29 bits per heavy atom. The van der Waals surface area contributed by atoms with Gasteiger partial charge in [0.05, 0.1) is 6.04 Å². The highest BCUT2D eigenvalue weighted by Crippen LogP contribution is 2.34. The van der Waals surface area contributed by atoms with Gasteiger partial charge in [-0.3, -0.25) is 4.90 Å². The van der Waals surface area contributed by atoms with Crippen LogP contribution in [0.3, 0.4) is 0 Å². The number of nitrogens with zero attached hydrogens (tertiary/aromatic N) is 4. The second-order valence-corrected chi connectivity index (χ2v) is 8.10. The van der Waals surface area contributed by atoms with E-state index in [0.29, 0.717) is 41.7 Å². The molecule has 2 atom stereocenters. The molecule has 2 N–H and O–H groups in total. The minimum Gasteiger partial charge on any atom is -0.396 e. The zero-order chi connectivity index (χ0) is 24.7. The Labute approximate surface area is 189 Å². The fraction of sp³-hybridized carbons (Fsp3) is 0.429. The van der Waals surface area contributed by atoms with Crippen LogP contribution in [-0.4, -0.2) is 50.8 Å². The number of aliphatic hydroxyl groups is 1. The fourth-order valence-corrected chi connectivity index (χ4v) is 4.02. The standard InChI is InChI=1S/C21H20F7N5O/c22-14-3-1-13(2-4-14)15(32-6-5-12(10-32)11-34)9-29-18-7-16(20(23,24)25)30-19-8-17(21(26,27)28)31-33(18)19/h1-4,7-8,12,15,29,34H,5-6,9-11H2/t12-,15+/m0/s1. The van der Waals surface area contributed by atoms with Gasteiger partial charge in [-0.05, 0) is 36.6 Å². The number of fused-ring (bicyclic) bond motifs is 1. The van der Waals surface area contributed by atoms with E-state index in [4.69, 9.17) is 0 Å². The minimum atomic E-state index is -4.89. The Morgan fingerprint density at radius 2 is 1.71 bits per heavy atom. The smallest absolute Gasteiger partial charge is 0.396 e. The molecule has 1 aromatic carbocycles. The molecule has 6 nitrogen and oxygen atoms in total. The second-order valence-electron chi connectivity index (χ2n) is 8.10. The summed E-state index contributed by atoms with van der Waals surface area (Å²) in [5, 5.41) is 15.6. The van der Waals surface area contributed by atoms with E-state index in [1.54, 1.807) is 0 Å². The number of likely N-dealkylation sites (tertiary alicyclic amines) is 1. The third kappa shape index (κ3) is 5.09. The summed E-state index contributed by atoms with van der Waals surface area (Å²) in [6.07, 6.45) is -9.06. The van der Waals surface area contributed by atoms with Crippen LogP contribution in [0.1, 0.15) is 29.4 Å². The lowest BCUT2D eigenvalue weighted by molar-refractivity contribution is -0.142. The molecule has 13 heteroatoms. The summed E-state index contributed by atoms with van der Waals surface area (Å²) < 4.78 is 93.6. The molecule has 0 radical (unpaired) electrons. The van der Waals surface area contributed by atoms with Crippen molar-refractivity contribution in [1.82, 2.24) is 19.5 Å². The van der Waals surface area contributed by atoms with Gasteiger partial charge in [-0.15, -0.1) is 0 Å². The van der Waals surface area contributed by atoms with Crippen molar-refractivity contribution >= 4 is 11.5 Å². The first-order valence-electron chi connectivity index (χ1n) is 10.3. The number of aliphatic hydroxyl groups excluding tert-OH is 1. The average molecular weight is 491 g/mol. The van der Waals surface area contributed by atoms with Crippen LogP contribution in [-0.2, 0) is 12.4 Å². The first-order valence-corrected chi connectivity index (χ1v) is 10.3. The number of rotatable bonds is 6. The molecule has 1 aliphatic heterocycles. The molecule has 0 amide bonds. The molecule has 1 saturated heterocycles. The third-order valence-electron chi connectivity index (χ3n) is 5.76. The molecule has 0 saturated carbocycles. The van der Waals surface area contributed by atoms with E-state index in [9.17, 15) is 35.8 Å². The van der Waals surface area contributed by atoms with Crippen LogP contribution in [0.2, 0.25) is 0 Å². The van der Waals surface area contributed by atoms with Gasteiger partial charge in [0.2, 0.25) is 0 Å². The number of halogens is 7. The van der Waals surface area contributed by atoms with Crippen LogP contribution in [0.4, 0.5) is 36.6 Å². The lowest BCUT2D eigenvalue weighted by Crippen LogP contribution is -2.32. The summed E-state index contributed by atoms with van der Waals surface area (Å²) in [5.74, 6) is -0.780. The predicted octanol–water partition coefficient (Wildman–Crippen LogP) is 4.37. The highest BCUT2D eigenvalue weighted by atomic mass is 19.4. The second kappa shape index (κ2) is 9.02. The minimum absolute atomic E-state index is 0.00729. The number of nitrogens with one attached hydrogen (secondary N) is 1. The molecule has 1 fully saturated rings. The monoisotopic (exact) mass is 491 g/mol. The van der Waals surface area contributed by atoms with Gasteiger partial charge in [-0.25, -0.2) is 9.37 Å². The molecule has 0 bridgehead atoms. The molecule has 3 heterocycles. The van der Waals surface area contributed by atoms with Gasteiger partial charge in [-0.1, -0.05) is 12.1 Å². The largest absolute Gasteiger partial charge is 0.435 e. The third-order valence-corrected chi connectivity index (χ3v) is 5.76. The van der Waals surface area contributed by atoms with Crippen LogP contribution >= 0.6 is 0 Å². The van der Waals surface area contributed by atoms with Gasteiger partial charge in [0, 0.05) is 31.8 Å². The molecular weight excluding hydrogens is 471 g/mol. The van der Waals surface area contributed by atoms with Crippen LogP contribution in [0.15, 0.2) is 36.4 Å². The van der Waals surface area contributed by atoms with Crippen molar-refractivity contribution in [2.45, 2.75) is 24.8 Å². The predicted molar refractivity (Wildman–Crippen MR) is 107 cm³/mol. The lowest BCUT2D eigenvalue weighted by Gasteiger charge is -2.29. The molecular formula is C21H20F7N5O. The number of benzene rings is 1. The van der Waals surface area contributed by atoms with Crippen molar-refractivity contribution in [2.75, 3.05) is 31.6 Å². The first-order chi connectivity index (χ1) is 16.0. The zero-order valence-corrected chi connectivity index (χ0v) is 17.5. The lowest BCUT2D eigenvalue weighted by atomic mass is 10.1. The summed E-state index contributed by atoms with van der Waals surface area (Å²) in [6, 6.07) is 6.16. The van der Waals surface area contributed by atoms with E-state index in [0.717, 1.165) is 0 Å². The van der Waals surface area contributed by atoms with Crippen molar-refractivity contribution in [2.24, 2.45) is 5.92 Å². The molecule has 0 aliphatic carbocycles. The van der Waals surface area contributed by atoms with Crippen molar-refractivity contribution in [3.05, 3.63) is 59.2 Å². The Morgan fingerprint density at radius 1 is 1.03 bits per heavy atom. The van der Waals surface area contributed by atoms with Gasteiger partial charge in [0.1, 0.15) is 11.6 Å². The average Bonchev–Trinajstić information content (AvgIpc) is 3.41. The topological polar surface area (TPSA) is 65.7 Å². The van der Waals surface area contributed by atoms with E-state index < -0.39 is 41.2 Å². The van der Waals surface area contributed by atoms with Crippen LogP contribution in [0.5, 0.6) is 0 Å². The molecule has 4 rings (SSSR count). The van der Waals surface area contributed by atoms with Gasteiger partial charge < -0.3 is 10.4 Å². The molecule has 2 aromatic heterocycles. The molecule has 184 valence electrons. The highest BCUT2D eigenvalue weighted by Gasteiger charge is 2.37. The maximum absolute atomic E-state index is 13.4. The summed E-state index contributed by atoms with van der Waals surface area (Å²) >= 11 is 0. The van der Waals surface area contributed by atoms with Gasteiger partial charge in [0.15, 0.2) is 17.0 Å². The fourth-order valence-electron chi connectivity index (χ4n) is 4.02. The van der Waals surface area contributed by atoms with E-state index in [2.05, 4.69) is 15.4 Å². The Kier molecular flexibility index (Phi) is 6.42.